The Morgan fingerprint density at radius 2 is 1.73 bits per heavy atom. The van der Waals surface area contributed by atoms with Gasteiger partial charge in [-0.25, -0.2) is 13.8 Å². The van der Waals surface area contributed by atoms with Crippen molar-refractivity contribution in [3.63, 3.8) is 0 Å². The number of furan rings is 1. The van der Waals surface area contributed by atoms with E-state index in [9.17, 15) is 13.2 Å². The quantitative estimate of drug-likeness (QED) is 0.463. The maximum atomic E-state index is 12.7. The zero-order valence-corrected chi connectivity index (χ0v) is 17.8. The van der Waals surface area contributed by atoms with Crippen LogP contribution in [0.2, 0.25) is 0 Å². The van der Waals surface area contributed by atoms with Gasteiger partial charge >= 0.3 is 0 Å². The Bertz CT molecular complexity index is 1130. The summed E-state index contributed by atoms with van der Waals surface area (Å²) in [5, 5.41) is 4.02. The molecule has 30 heavy (non-hydrogen) atoms. The highest BCUT2D eigenvalue weighted by Crippen LogP contribution is 2.17. The van der Waals surface area contributed by atoms with Gasteiger partial charge in [0.05, 0.1) is 11.2 Å². The van der Waals surface area contributed by atoms with E-state index < -0.39 is 10.0 Å². The molecule has 1 heterocycles. The van der Waals surface area contributed by atoms with Gasteiger partial charge < -0.3 is 4.42 Å². The van der Waals surface area contributed by atoms with Crippen LogP contribution in [0.25, 0.3) is 0 Å². The van der Waals surface area contributed by atoms with Gasteiger partial charge in [-0.15, -0.1) is 0 Å². The highest BCUT2D eigenvalue weighted by atomic mass is 32.2. The molecule has 2 aromatic carbocycles. The molecule has 3 rings (SSSR count). The standard InChI is InChI=1S/C22H23N3O4S/c1-16-6-12-20(13-7-16)30(27,28)25(3)15-18-8-10-19(11-9-18)22(26)24-23-17(2)21-5-4-14-29-21/h4-14H,15H2,1-3H3,(H,24,26). The van der Waals surface area contributed by atoms with Crippen molar-refractivity contribution >= 4 is 21.6 Å². The summed E-state index contributed by atoms with van der Waals surface area (Å²) in [7, 11) is -2.06. The average molecular weight is 426 g/mol. The van der Waals surface area contributed by atoms with Gasteiger partial charge in [0.2, 0.25) is 10.0 Å². The van der Waals surface area contributed by atoms with Crippen molar-refractivity contribution in [3.05, 3.63) is 89.4 Å². The topological polar surface area (TPSA) is 92.0 Å². The molecule has 8 heteroatoms. The summed E-state index contributed by atoms with van der Waals surface area (Å²) in [4.78, 5) is 12.5. The molecule has 0 radical (unpaired) electrons. The number of nitrogens with one attached hydrogen (secondary N) is 1. The van der Waals surface area contributed by atoms with Crippen molar-refractivity contribution in [1.29, 1.82) is 0 Å². The van der Waals surface area contributed by atoms with Crippen LogP contribution >= 0.6 is 0 Å². The predicted molar refractivity (Wildman–Crippen MR) is 115 cm³/mol. The average Bonchev–Trinajstić information content (AvgIpc) is 3.27. The number of nitrogens with zero attached hydrogens (tertiary/aromatic N) is 2. The second-order valence-corrected chi connectivity index (χ2v) is 8.93. The van der Waals surface area contributed by atoms with E-state index in [0.29, 0.717) is 17.0 Å². The van der Waals surface area contributed by atoms with Crippen LogP contribution in [-0.4, -0.2) is 31.4 Å². The van der Waals surface area contributed by atoms with E-state index in [1.807, 2.05) is 6.92 Å². The molecule has 0 aliphatic rings. The molecule has 0 bridgehead atoms. The van der Waals surface area contributed by atoms with Gasteiger partial charge in [-0.2, -0.15) is 9.41 Å². The molecule has 1 amide bonds. The monoisotopic (exact) mass is 425 g/mol. The number of hydrogen-bond acceptors (Lipinski definition) is 5. The second-order valence-electron chi connectivity index (χ2n) is 6.89. The number of rotatable bonds is 7. The lowest BCUT2D eigenvalue weighted by Crippen LogP contribution is -2.26. The lowest BCUT2D eigenvalue weighted by molar-refractivity contribution is 0.0954. The first-order valence-electron chi connectivity index (χ1n) is 9.28. The van der Waals surface area contributed by atoms with Crippen molar-refractivity contribution in [3.8, 4) is 0 Å². The zero-order valence-electron chi connectivity index (χ0n) is 17.0. The Morgan fingerprint density at radius 1 is 1.07 bits per heavy atom. The highest BCUT2D eigenvalue weighted by molar-refractivity contribution is 7.89. The summed E-state index contributed by atoms with van der Waals surface area (Å²) in [6, 6.07) is 16.9. The van der Waals surface area contributed by atoms with E-state index in [1.165, 1.54) is 17.6 Å². The highest BCUT2D eigenvalue weighted by Gasteiger charge is 2.20. The second kappa shape index (κ2) is 9.06. The molecule has 0 spiro atoms. The van der Waals surface area contributed by atoms with Crippen molar-refractivity contribution < 1.29 is 17.6 Å². The number of hydrogen-bond donors (Lipinski definition) is 1. The molecule has 0 aliphatic heterocycles. The maximum absolute atomic E-state index is 12.7. The molecular weight excluding hydrogens is 402 g/mol. The zero-order chi connectivity index (χ0) is 21.7. The number of amides is 1. The predicted octanol–water partition coefficient (Wildman–Crippen LogP) is 3.56. The van der Waals surface area contributed by atoms with Gasteiger partial charge in [0.15, 0.2) is 0 Å². The van der Waals surface area contributed by atoms with Crippen LogP contribution < -0.4 is 5.43 Å². The number of aryl methyl sites for hydroxylation is 1. The van der Waals surface area contributed by atoms with Crippen LogP contribution in [0.1, 0.15) is 34.2 Å². The summed E-state index contributed by atoms with van der Waals surface area (Å²) in [6.45, 7) is 3.82. The van der Waals surface area contributed by atoms with E-state index in [1.54, 1.807) is 67.6 Å². The molecule has 0 atom stereocenters. The molecule has 156 valence electrons. The van der Waals surface area contributed by atoms with Crippen LogP contribution in [0, 0.1) is 6.92 Å². The van der Waals surface area contributed by atoms with Crippen LogP contribution in [0.4, 0.5) is 0 Å². The van der Waals surface area contributed by atoms with Crippen molar-refractivity contribution in [2.75, 3.05) is 7.05 Å². The van der Waals surface area contributed by atoms with E-state index in [-0.39, 0.29) is 17.3 Å². The first kappa shape index (κ1) is 21.5. The molecule has 0 unspecified atom stereocenters. The Labute approximate surface area is 176 Å². The lowest BCUT2D eigenvalue weighted by Gasteiger charge is -2.17. The fraction of sp³-hybridized carbons (Fsp3) is 0.182. The van der Waals surface area contributed by atoms with Crippen LogP contribution in [-0.2, 0) is 16.6 Å². The minimum Gasteiger partial charge on any atom is -0.463 e. The number of hydrazone groups is 1. The number of benzene rings is 2. The number of carbonyl (C=O) groups is 1. The molecule has 0 aliphatic carbocycles. The third-order valence-corrected chi connectivity index (χ3v) is 6.37. The van der Waals surface area contributed by atoms with Crippen LogP contribution in [0.5, 0.6) is 0 Å². The van der Waals surface area contributed by atoms with Crippen molar-refractivity contribution in [1.82, 2.24) is 9.73 Å². The third kappa shape index (κ3) is 5.03. The number of carbonyl (C=O) groups excluding carboxylic acids is 1. The lowest BCUT2D eigenvalue weighted by atomic mass is 10.1. The van der Waals surface area contributed by atoms with Gasteiger partial charge in [0, 0.05) is 19.2 Å². The normalized spacial score (nSPS) is 12.2. The summed E-state index contributed by atoms with van der Waals surface area (Å²) < 4.78 is 31.9. The minimum atomic E-state index is -3.59. The summed E-state index contributed by atoms with van der Waals surface area (Å²) in [6.07, 6.45) is 1.53. The smallest absolute Gasteiger partial charge is 0.271 e. The summed E-state index contributed by atoms with van der Waals surface area (Å²) in [5.74, 6) is 0.205. The Balaban J connectivity index is 1.64. The van der Waals surface area contributed by atoms with E-state index in [2.05, 4.69) is 10.5 Å². The van der Waals surface area contributed by atoms with E-state index in [0.717, 1.165) is 11.1 Å². The molecule has 0 fully saturated rings. The number of sulfonamides is 1. The molecule has 1 N–H and O–H groups in total. The summed E-state index contributed by atoms with van der Waals surface area (Å²) >= 11 is 0. The fourth-order valence-electron chi connectivity index (χ4n) is 2.73. The van der Waals surface area contributed by atoms with Gasteiger partial charge in [-0.1, -0.05) is 29.8 Å². The van der Waals surface area contributed by atoms with Gasteiger partial charge in [0.25, 0.3) is 5.91 Å². The van der Waals surface area contributed by atoms with E-state index >= 15 is 0 Å². The van der Waals surface area contributed by atoms with Gasteiger partial charge in [-0.05, 0) is 55.8 Å². The minimum absolute atomic E-state index is 0.188. The fourth-order valence-corrected chi connectivity index (χ4v) is 3.89. The first-order valence-corrected chi connectivity index (χ1v) is 10.7. The first-order chi connectivity index (χ1) is 14.3. The molecule has 7 nitrogen and oxygen atoms in total. The Kier molecular flexibility index (Phi) is 6.49. The summed E-state index contributed by atoms with van der Waals surface area (Å²) in [5.41, 5.74) is 5.20. The van der Waals surface area contributed by atoms with Gasteiger partial charge in [-0.3, -0.25) is 4.79 Å². The Morgan fingerprint density at radius 3 is 2.33 bits per heavy atom. The van der Waals surface area contributed by atoms with Crippen LogP contribution in [0.3, 0.4) is 0 Å². The van der Waals surface area contributed by atoms with E-state index in [4.69, 9.17) is 4.42 Å². The molecule has 0 saturated heterocycles. The Hall–Kier alpha value is -3.23. The molecule has 3 aromatic rings. The van der Waals surface area contributed by atoms with Crippen molar-refractivity contribution in [2.24, 2.45) is 5.10 Å². The SMILES string of the molecule is CC(=NNC(=O)c1ccc(CN(C)S(=O)(=O)c2ccc(C)cc2)cc1)c1ccco1. The largest absolute Gasteiger partial charge is 0.463 e. The molecule has 1 aromatic heterocycles. The molecular formula is C22H23N3O4S. The van der Waals surface area contributed by atoms with Crippen molar-refractivity contribution in [2.45, 2.75) is 25.3 Å². The van der Waals surface area contributed by atoms with Crippen LogP contribution in [0.15, 0.2) is 81.3 Å². The third-order valence-electron chi connectivity index (χ3n) is 4.55. The molecule has 0 saturated carbocycles. The van der Waals surface area contributed by atoms with Gasteiger partial charge in [0.1, 0.15) is 11.5 Å². The maximum Gasteiger partial charge on any atom is 0.271 e.